The van der Waals surface area contributed by atoms with E-state index in [1.807, 2.05) is 66.7 Å². The molecule has 27 aromatic rings. The van der Waals surface area contributed by atoms with E-state index in [-0.39, 0.29) is 0 Å². The molecule has 0 saturated heterocycles. The Kier molecular flexibility index (Phi) is 19.9. The Morgan fingerprint density at radius 1 is 0.145 bits per heavy atom. The smallest absolute Gasteiger partial charge is 0.101 e. The number of nitriles is 3. The van der Waals surface area contributed by atoms with Crippen molar-refractivity contribution in [3.63, 3.8) is 0 Å². The van der Waals surface area contributed by atoms with Crippen molar-refractivity contribution in [2.45, 2.75) is 0 Å². The lowest BCUT2D eigenvalue weighted by molar-refractivity contribution is 1.17. The van der Waals surface area contributed by atoms with Crippen LogP contribution in [0.15, 0.2) is 491 Å². The van der Waals surface area contributed by atoms with Gasteiger partial charge in [0.05, 0.1) is 101 Å². The molecule has 0 N–H and O–H groups in total. The van der Waals surface area contributed by atoms with Crippen LogP contribution in [-0.2, 0) is 0 Å². The van der Waals surface area contributed by atoms with Crippen molar-refractivity contribution in [3.8, 4) is 119 Å². The van der Waals surface area contributed by atoms with Crippen LogP contribution in [0.2, 0.25) is 0 Å². The van der Waals surface area contributed by atoms with E-state index in [0.717, 1.165) is 83.7 Å². The first-order valence-electron chi connectivity index (χ1n) is 46.5. The minimum atomic E-state index is 0.651. The lowest BCUT2D eigenvalue weighted by Gasteiger charge is -2.13. The highest BCUT2D eigenvalue weighted by molar-refractivity contribution is 6.19. The number of nitrogens with zero attached hydrogens (tertiary/aromatic N) is 9. The molecule has 0 aliphatic rings. The fourth-order valence-electron chi connectivity index (χ4n) is 21.3. The van der Waals surface area contributed by atoms with Crippen molar-refractivity contribution in [1.82, 2.24) is 27.4 Å². The van der Waals surface area contributed by atoms with Crippen molar-refractivity contribution in [1.29, 1.82) is 15.8 Å². The highest BCUT2D eigenvalue weighted by Gasteiger charge is 2.25. The molecule has 0 bridgehead atoms. The average molecular weight is 1760 g/mol. The molecule has 0 amide bonds. The Hall–Kier alpha value is -19.1. The molecular formula is C129H81N9. The molecule has 27 rings (SSSR count). The van der Waals surface area contributed by atoms with Gasteiger partial charge in [-0.25, -0.2) is 0 Å². The highest BCUT2D eigenvalue weighted by atomic mass is 15.0. The number of hydrogen-bond acceptors (Lipinski definition) is 3. The van der Waals surface area contributed by atoms with Crippen molar-refractivity contribution in [2.75, 3.05) is 0 Å². The summed E-state index contributed by atoms with van der Waals surface area (Å²) in [6, 6.07) is 181. The van der Waals surface area contributed by atoms with E-state index in [1.54, 1.807) is 0 Å². The monoisotopic (exact) mass is 1760 g/mol. The molecule has 9 heteroatoms. The minimum absolute atomic E-state index is 0.651. The molecule has 0 atom stereocenters. The Morgan fingerprint density at radius 3 is 0.790 bits per heavy atom. The summed E-state index contributed by atoms with van der Waals surface area (Å²) >= 11 is 0. The van der Waals surface area contributed by atoms with Crippen molar-refractivity contribution >= 4 is 131 Å². The van der Waals surface area contributed by atoms with E-state index in [4.69, 9.17) is 0 Å². The van der Waals surface area contributed by atoms with Crippen molar-refractivity contribution in [3.05, 3.63) is 508 Å². The second-order valence-corrected chi connectivity index (χ2v) is 35.1. The van der Waals surface area contributed by atoms with E-state index in [0.29, 0.717) is 16.7 Å². The molecule has 6 heterocycles. The van der Waals surface area contributed by atoms with Gasteiger partial charge in [-0.2, -0.15) is 15.8 Å². The summed E-state index contributed by atoms with van der Waals surface area (Å²) in [4.78, 5) is 0. The maximum Gasteiger partial charge on any atom is 0.101 e. The molecule has 0 aliphatic carbocycles. The largest absolute Gasteiger partial charge is 0.309 e. The lowest BCUT2D eigenvalue weighted by Crippen LogP contribution is -1.97. The molecule has 0 radical (unpaired) electrons. The van der Waals surface area contributed by atoms with Gasteiger partial charge < -0.3 is 27.4 Å². The fraction of sp³-hybridized carbons (Fsp3) is 0. The SMILES string of the molecule is N#Cc1ccc(-n2c3ccccc3c3cc(-c4cccc(-c5cccc6c7ccccc7n(-c7ccccc7)c56)c4)ccc32)cc1.N#Cc1cccc(-n2c3ccccc3c3cc(-c4cccc(-c5cccc6c7ccccc7n(-c7ccccc7)c56)c4)ccc32)c1.N#Cc1ccccc1-n1c2ccccc2c2cc(-c3cccc(-c4cccc5c6ccccc6n(-c6ccccc6)c45)c3)ccc21. The van der Waals surface area contributed by atoms with E-state index in [1.165, 1.54) is 148 Å². The van der Waals surface area contributed by atoms with Crippen LogP contribution in [0.25, 0.3) is 232 Å². The summed E-state index contributed by atoms with van der Waals surface area (Å²) in [6.07, 6.45) is 0. The number of fused-ring (bicyclic) bond motifs is 18. The summed E-state index contributed by atoms with van der Waals surface area (Å²) in [6.45, 7) is 0. The normalized spacial score (nSPS) is 11.5. The zero-order chi connectivity index (χ0) is 91.8. The van der Waals surface area contributed by atoms with Gasteiger partial charge in [-0.3, -0.25) is 0 Å². The van der Waals surface area contributed by atoms with Gasteiger partial charge in [-0.05, 0) is 232 Å². The van der Waals surface area contributed by atoms with Gasteiger partial charge in [0.15, 0.2) is 0 Å². The molecule has 6 aromatic heterocycles. The Balaban J connectivity index is 0.000000110. The first-order valence-corrected chi connectivity index (χ1v) is 46.5. The summed E-state index contributed by atoms with van der Waals surface area (Å²) in [5, 5.41) is 43.4. The van der Waals surface area contributed by atoms with Crippen molar-refractivity contribution < 1.29 is 0 Å². The minimum Gasteiger partial charge on any atom is -0.309 e. The van der Waals surface area contributed by atoms with Gasteiger partial charge in [0.1, 0.15) is 6.07 Å². The van der Waals surface area contributed by atoms with Crippen LogP contribution < -0.4 is 0 Å². The molecule has 0 spiro atoms. The van der Waals surface area contributed by atoms with Crippen LogP contribution in [0, 0.1) is 34.0 Å². The first-order chi connectivity index (χ1) is 68.4. The second kappa shape index (κ2) is 33.9. The van der Waals surface area contributed by atoms with Gasteiger partial charge in [0, 0.05) is 110 Å². The third-order valence-corrected chi connectivity index (χ3v) is 27.4. The summed E-state index contributed by atoms with van der Waals surface area (Å²) < 4.78 is 14.0. The number of rotatable bonds is 12. The van der Waals surface area contributed by atoms with Gasteiger partial charge in [0.25, 0.3) is 0 Å². The molecule has 21 aromatic carbocycles. The number of benzene rings is 21. The number of hydrogen-bond donors (Lipinski definition) is 0. The molecule has 642 valence electrons. The van der Waals surface area contributed by atoms with E-state index in [9.17, 15) is 15.8 Å². The molecule has 138 heavy (non-hydrogen) atoms. The third kappa shape index (κ3) is 13.7. The number of para-hydroxylation sites is 13. The van der Waals surface area contributed by atoms with Crippen molar-refractivity contribution in [2.24, 2.45) is 0 Å². The fourth-order valence-corrected chi connectivity index (χ4v) is 21.3. The van der Waals surface area contributed by atoms with Gasteiger partial charge >= 0.3 is 0 Å². The van der Waals surface area contributed by atoms with Gasteiger partial charge in [-0.15, -0.1) is 0 Å². The standard InChI is InChI=1S/3C43H27N3/c44-28-32-12-4-7-21-39(32)46-41-23-9-6-18-36(41)38-27-30(24-25-42(38)46)29-13-10-14-31(26-29)34-19-11-20-37-35-17-5-8-22-40(35)45(43(34)37)33-15-2-1-3-16-33;44-28-29-11-8-16-34(25-29)45-40-21-6-5-18-37(40)39-27-31(23-24-42(39)45)30-12-9-13-32(26-30)35-19-10-20-38-36-17-4-7-22-41(36)46(43(35)38)33-14-2-1-3-15-33;44-28-29-20-23-34(24-21-29)45-40-18-6-5-15-37(40)39-27-31(22-25-42(39)45)30-10-8-11-32(26-30)35-16-9-17-38-36-14-4-7-19-41(36)46(43(35)38)33-12-2-1-3-13-33/h3*1-27H. The van der Waals surface area contributed by atoms with Crippen LogP contribution in [0.3, 0.4) is 0 Å². The van der Waals surface area contributed by atoms with Crippen LogP contribution in [0.4, 0.5) is 0 Å². The van der Waals surface area contributed by atoms with Gasteiger partial charge in [-0.1, -0.05) is 309 Å². The van der Waals surface area contributed by atoms with E-state index >= 15 is 0 Å². The molecule has 0 saturated carbocycles. The third-order valence-electron chi connectivity index (χ3n) is 27.4. The van der Waals surface area contributed by atoms with E-state index < -0.39 is 0 Å². The Labute approximate surface area is 795 Å². The zero-order valence-corrected chi connectivity index (χ0v) is 74.8. The zero-order valence-electron chi connectivity index (χ0n) is 74.8. The maximum absolute atomic E-state index is 9.90. The van der Waals surface area contributed by atoms with Crippen LogP contribution in [0.5, 0.6) is 0 Å². The predicted octanol–water partition coefficient (Wildman–Crippen LogP) is 33.3. The molecule has 0 unspecified atom stereocenters. The molecule has 0 fully saturated rings. The van der Waals surface area contributed by atoms with Crippen LogP contribution in [-0.4, -0.2) is 27.4 Å². The Bertz CT molecular complexity index is 9700. The first kappa shape index (κ1) is 80.9. The Morgan fingerprint density at radius 2 is 0.413 bits per heavy atom. The molecule has 9 nitrogen and oxygen atoms in total. The number of aromatic nitrogens is 6. The summed E-state index contributed by atoms with van der Waals surface area (Å²) in [7, 11) is 0. The van der Waals surface area contributed by atoms with Crippen LogP contribution >= 0.6 is 0 Å². The molecule has 0 aliphatic heterocycles. The van der Waals surface area contributed by atoms with Gasteiger partial charge in [0.2, 0.25) is 0 Å². The second-order valence-electron chi connectivity index (χ2n) is 35.1. The average Bonchev–Trinajstić information content (AvgIpc) is 1.42. The topological polar surface area (TPSA) is 101 Å². The van der Waals surface area contributed by atoms with Crippen LogP contribution in [0.1, 0.15) is 16.7 Å². The predicted molar refractivity (Wildman–Crippen MR) is 572 cm³/mol. The maximum atomic E-state index is 9.90. The van der Waals surface area contributed by atoms with E-state index in [2.05, 4.69) is 470 Å². The quantitative estimate of drug-likeness (QED) is 0.122. The highest BCUT2D eigenvalue weighted by Crippen LogP contribution is 2.47. The lowest BCUT2D eigenvalue weighted by atomic mass is 9.96. The summed E-state index contributed by atoms with van der Waals surface area (Å²) in [5.41, 5.74) is 36.4. The summed E-state index contributed by atoms with van der Waals surface area (Å²) in [5.74, 6) is 0. The molecular weight excluding hydrogens is 1680 g/mol.